The van der Waals surface area contributed by atoms with E-state index in [0.29, 0.717) is 5.76 Å². The van der Waals surface area contributed by atoms with E-state index in [-0.39, 0.29) is 22.7 Å². The number of hydrogen-bond donors (Lipinski definition) is 1. The lowest BCUT2D eigenvalue weighted by Gasteiger charge is -2.26. The molecule has 8 heteroatoms. The molecular formula is C25H21N3O4S. The van der Waals surface area contributed by atoms with Gasteiger partial charge in [-0.25, -0.2) is 13.8 Å². The number of hydrogen-bond acceptors (Lipinski definition) is 5. The normalized spacial score (nSPS) is 11.4. The number of furan rings is 1. The van der Waals surface area contributed by atoms with Gasteiger partial charge in [0, 0.05) is 0 Å². The van der Waals surface area contributed by atoms with Crippen LogP contribution in [0.25, 0.3) is 0 Å². The van der Waals surface area contributed by atoms with E-state index in [0.717, 1.165) is 5.56 Å². The van der Waals surface area contributed by atoms with E-state index in [9.17, 15) is 13.2 Å². The molecule has 1 aromatic heterocycles. The first-order valence-corrected chi connectivity index (χ1v) is 11.6. The largest absolute Gasteiger partial charge is 0.463 e. The first-order chi connectivity index (χ1) is 16.1. The summed E-state index contributed by atoms with van der Waals surface area (Å²) in [6.45, 7) is 0.0536. The summed E-state index contributed by atoms with van der Waals surface area (Å²) >= 11 is 0. The van der Waals surface area contributed by atoms with Crippen LogP contribution < -0.4 is 9.73 Å². The number of hydrazone groups is 1. The van der Waals surface area contributed by atoms with Gasteiger partial charge in [-0.1, -0.05) is 60.7 Å². The van der Waals surface area contributed by atoms with Crippen molar-refractivity contribution in [2.24, 2.45) is 5.10 Å². The average Bonchev–Trinajstić information content (AvgIpc) is 3.37. The number of nitrogens with zero attached hydrogens (tertiary/aromatic N) is 2. The fraction of sp³-hybridized carbons (Fsp3) is 0.0400. The topological polar surface area (TPSA) is 92.0 Å². The zero-order chi connectivity index (χ0) is 23.1. The number of nitrogens with one attached hydrogen (secondary N) is 1. The van der Waals surface area contributed by atoms with Gasteiger partial charge in [-0.15, -0.1) is 0 Å². The molecule has 0 spiro atoms. The Hall–Kier alpha value is -4.17. The number of para-hydroxylation sites is 1. The highest BCUT2D eigenvalue weighted by Gasteiger charge is 2.28. The minimum atomic E-state index is -3.96. The summed E-state index contributed by atoms with van der Waals surface area (Å²) in [6, 6.07) is 27.3. The Labute approximate surface area is 192 Å². The summed E-state index contributed by atoms with van der Waals surface area (Å²) < 4.78 is 33.7. The molecule has 0 radical (unpaired) electrons. The second kappa shape index (κ2) is 9.97. The molecule has 0 fully saturated rings. The number of anilines is 1. The third-order valence-corrected chi connectivity index (χ3v) is 6.59. The van der Waals surface area contributed by atoms with Crippen LogP contribution in [0, 0.1) is 0 Å². The molecule has 4 rings (SSSR count). The molecule has 7 nitrogen and oxygen atoms in total. The van der Waals surface area contributed by atoms with Crippen molar-refractivity contribution in [1.82, 2.24) is 5.43 Å². The van der Waals surface area contributed by atoms with Crippen molar-refractivity contribution in [3.05, 3.63) is 120 Å². The van der Waals surface area contributed by atoms with Crippen LogP contribution in [0.5, 0.6) is 0 Å². The number of benzene rings is 3. The second-order valence-corrected chi connectivity index (χ2v) is 8.90. The van der Waals surface area contributed by atoms with Gasteiger partial charge in [-0.05, 0) is 42.0 Å². The molecule has 0 saturated carbocycles. The van der Waals surface area contributed by atoms with E-state index in [1.54, 1.807) is 54.6 Å². The van der Waals surface area contributed by atoms with Crippen LogP contribution in [0.3, 0.4) is 0 Å². The van der Waals surface area contributed by atoms with Gasteiger partial charge in [0.05, 0.1) is 35.2 Å². The Balaban J connectivity index is 1.72. The third-order valence-electron chi connectivity index (χ3n) is 4.82. The van der Waals surface area contributed by atoms with Crippen molar-refractivity contribution >= 4 is 27.8 Å². The highest BCUT2D eigenvalue weighted by molar-refractivity contribution is 7.92. The van der Waals surface area contributed by atoms with E-state index < -0.39 is 15.9 Å². The van der Waals surface area contributed by atoms with E-state index in [1.165, 1.54) is 28.9 Å². The fourth-order valence-corrected chi connectivity index (χ4v) is 4.72. The van der Waals surface area contributed by atoms with Crippen molar-refractivity contribution in [3.63, 3.8) is 0 Å². The van der Waals surface area contributed by atoms with Gasteiger partial charge in [0.1, 0.15) is 5.76 Å². The molecular weight excluding hydrogens is 438 g/mol. The molecule has 0 bridgehead atoms. The number of carbonyl (C=O) groups excluding carboxylic acids is 1. The molecule has 0 aliphatic heterocycles. The molecule has 166 valence electrons. The van der Waals surface area contributed by atoms with Crippen LogP contribution in [0.2, 0.25) is 0 Å². The van der Waals surface area contributed by atoms with Gasteiger partial charge in [0.2, 0.25) is 0 Å². The van der Waals surface area contributed by atoms with Gasteiger partial charge in [0.15, 0.2) is 0 Å². The minimum absolute atomic E-state index is 0.0536. The predicted molar refractivity (Wildman–Crippen MR) is 126 cm³/mol. The standard InChI is InChI=1S/C25H21N3O4S/c29-25(27-26-18-21-12-9-17-32-21)23-15-7-8-16-24(23)28(19-20-10-3-1-4-11-20)33(30,31)22-13-5-2-6-14-22/h1-18H,19H2,(H,27,29)/b26-18-. The van der Waals surface area contributed by atoms with Crippen LogP contribution >= 0.6 is 0 Å². The molecule has 0 aliphatic rings. The van der Waals surface area contributed by atoms with Crippen LogP contribution in [-0.2, 0) is 16.6 Å². The Morgan fingerprint density at radius 2 is 1.55 bits per heavy atom. The first-order valence-electron chi connectivity index (χ1n) is 10.1. The highest BCUT2D eigenvalue weighted by atomic mass is 32.2. The number of rotatable bonds is 8. The Morgan fingerprint density at radius 1 is 0.879 bits per heavy atom. The van der Waals surface area contributed by atoms with Crippen molar-refractivity contribution in [2.75, 3.05) is 4.31 Å². The Bertz CT molecular complexity index is 1340. The van der Waals surface area contributed by atoms with E-state index in [4.69, 9.17) is 4.42 Å². The fourth-order valence-electron chi connectivity index (χ4n) is 3.23. The summed E-state index contributed by atoms with van der Waals surface area (Å²) in [5.74, 6) is -0.0734. The maximum absolute atomic E-state index is 13.6. The van der Waals surface area contributed by atoms with E-state index in [1.807, 2.05) is 30.3 Å². The molecule has 0 aliphatic carbocycles. The van der Waals surface area contributed by atoms with Crippen molar-refractivity contribution < 1.29 is 17.6 Å². The molecule has 4 aromatic rings. The lowest BCUT2D eigenvalue weighted by molar-refractivity contribution is 0.0955. The molecule has 0 atom stereocenters. The molecule has 1 heterocycles. The molecule has 0 saturated heterocycles. The van der Waals surface area contributed by atoms with Crippen LogP contribution in [0.15, 0.2) is 118 Å². The van der Waals surface area contributed by atoms with Gasteiger partial charge in [0.25, 0.3) is 15.9 Å². The second-order valence-electron chi connectivity index (χ2n) is 7.04. The number of sulfonamides is 1. The van der Waals surface area contributed by atoms with Crippen molar-refractivity contribution in [3.8, 4) is 0 Å². The lowest BCUT2D eigenvalue weighted by atomic mass is 10.1. The number of carbonyl (C=O) groups is 1. The smallest absolute Gasteiger partial charge is 0.273 e. The van der Waals surface area contributed by atoms with E-state index >= 15 is 0 Å². The monoisotopic (exact) mass is 459 g/mol. The first kappa shape index (κ1) is 22.0. The highest BCUT2D eigenvalue weighted by Crippen LogP contribution is 2.29. The predicted octanol–water partition coefficient (Wildman–Crippen LogP) is 4.44. The molecule has 3 aromatic carbocycles. The summed E-state index contributed by atoms with van der Waals surface area (Å²) in [4.78, 5) is 13.1. The Kier molecular flexibility index (Phi) is 6.66. The van der Waals surface area contributed by atoms with Gasteiger partial charge in [-0.2, -0.15) is 5.10 Å². The van der Waals surface area contributed by atoms with Crippen LogP contribution in [-0.4, -0.2) is 20.5 Å². The van der Waals surface area contributed by atoms with Gasteiger partial charge < -0.3 is 4.42 Å². The molecule has 0 unspecified atom stereocenters. The SMILES string of the molecule is O=C(N/N=C\c1ccco1)c1ccccc1N(Cc1ccccc1)S(=O)(=O)c1ccccc1. The quantitative estimate of drug-likeness (QED) is 0.311. The molecule has 1 N–H and O–H groups in total. The summed E-state index contributed by atoms with van der Waals surface area (Å²) in [5.41, 5.74) is 3.63. The van der Waals surface area contributed by atoms with Crippen molar-refractivity contribution in [2.45, 2.75) is 11.4 Å². The molecule has 1 amide bonds. The summed E-state index contributed by atoms with van der Waals surface area (Å²) in [7, 11) is -3.96. The lowest BCUT2D eigenvalue weighted by Crippen LogP contribution is -2.33. The maximum Gasteiger partial charge on any atom is 0.273 e. The van der Waals surface area contributed by atoms with Gasteiger partial charge >= 0.3 is 0 Å². The number of amides is 1. The van der Waals surface area contributed by atoms with E-state index in [2.05, 4.69) is 10.5 Å². The maximum atomic E-state index is 13.6. The van der Waals surface area contributed by atoms with Crippen LogP contribution in [0.4, 0.5) is 5.69 Å². The van der Waals surface area contributed by atoms with Gasteiger partial charge in [-0.3, -0.25) is 9.10 Å². The summed E-state index contributed by atoms with van der Waals surface area (Å²) in [6.07, 6.45) is 2.86. The summed E-state index contributed by atoms with van der Waals surface area (Å²) in [5, 5.41) is 3.91. The zero-order valence-electron chi connectivity index (χ0n) is 17.5. The Morgan fingerprint density at radius 3 is 2.24 bits per heavy atom. The molecule has 33 heavy (non-hydrogen) atoms. The third kappa shape index (κ3) is 5.19. The average molecular weight is 460 g/mol. The zero-order valence-corrected chi connectivity index (χ0v) is 18.4. The minimum Gasteiger partial charge on any atom is -0.463 e. The van der Waals surface area contributed by atoms with Crippen molar-refractivity contribution in [1.29, 1.82) is 0 Å². The van der Waals surface area contributed by atoms with Crippen LogP contribution in [0.1, 0.15) is 21.7 Å².